The van der Waals surface area contributed by atoms with E-state index in [1.165, 1.54) is 23.3 Å². The molecule has 168 valence electrons. The topological polar surface area (TPSA) is 80.9 Å². The van der Waals surface area contributed by atoms with Gasteiger partial charge in [0.1, 0.15) is 16.9 Å². The lowest BCUT2D eigenvalue weighted by molar-refractivity contribution is 0.0487. The van der Waals surface area contributed by atoms with Crippen LogP contribution in [0.25, 0.3) is 12.2 Å². The molecule has 31 heavy (non-hydrogen) atoms. The minimum Gasteiger partial charge on any atom is -0.511 e. The third-order valence-electron chi connectivity index (χ3n) is 5.37. The normalized spacial score (nSPS) is 13.3. The SMILES string of the molecule is CC(C)Cc1ccc(C=C(O)C(CO)(CO)C(O)=Cc2ccc(CC(C)C)cc2)cc1. The van der Waals surface area contributed by atoms with Crippen LogP contribution in [0.3, 0.4) is 0 Å². The molecule has 0 unspecified atom stereocenters. The zero-order chi connectivity index (χ0) is 23.0. The standard InChI is InChI=1S/C27H36O4/c1-19(2)13-21-5-9-23(10-6-21)15-25(30)27(17-28,18-29)26(31)16-24-11-7-22(8-12-24)14-20(3)4/h5-12,15-16,19-20,28-31H,13-14,17-18H2,1-4H3. The van der Waals surface area contributed by atoms with Crippen molar-refractivity contribution < 1.29 is 20.4 Å². The van der Waals surface area contributed by atoms with Crippen LogP contribution in [-0.2, 0) is 12.8 Å². The van der Waals surface area contributed by atoms with Gasteiger partial charge in [-0.15, -0.1) is 0 Å². The molecular weight excluding hydrogens is 388 g/mol. The van der Waals surface area contributed by atoms with Gasteiger partial charge in [-0.1, -0.05) is 76.2 Å². The largest absolute Gasteiger partial charge is 0.511 e. The molecule has 0 heterocycles. The lowest BCUT2D eigenvalue weighted by Crippen LogP contribution is -2.34. The smallest absolute Gasteiger partial charge is 0.130 e. The van der Waals surface area contributed by atoms with E-state index in [1.54, 1.807) is 0 Å². The summed E-state index contributed by atoms with van der Waals surface area (Å²) in [6, 6.07) is 15.5. The highest BCUT2D eigenvalue weighted by Crippen LogP contribution is 2.34. The molecule has 0 saturated carbocycles. The summed E-state index contributed by atoms with van der Waals surface area (Å²) in [5.74, 6) is 0.513. The van der Waals surface area contributed by atoms with Gasteiger partial charge in [0.15, 0.2) is 0 Å². The maximum atomic E-state index is 10.8. The summed E-state index contributed by atoms with van der Waals surface area (Å²) >= 11 is 0. The highest BCUT2D eigenvalue weighted by molar-refractivity contribution is 5.58. The second-order valence-corrected chi connectivity index (χ2v) is 9.14. The van der Waals surface area contributed by atoms with Crippen LogP contribution in [0.4, 0.5) is 0 Å². The predicted molar refractivity (Wildman–Crippen MR) is 128 cm³/mol. The summed E-state index contributed by atoms with van der Waals surface area (Å²) in [7, 11) is 0. The van der Waals surface area contributed by atoms with Crippen LogP contribution in [0.2, 0.25) is 0 Å². The van der Waals surface area contributed by atoms with Gasteiger partial charge < -0.3 is 20.4 Å². The molecule has 0 fully saturated rings. The Balaban J connectivity index is 2.30. The van der Waals surface area contributed by atoms with Gasteiger partial charge in [0.05, 0.1) is 13.2 Å². The Bertz CT molecular complexity index is 799. The van der Waals surface area contributed by atoms with E-state index in [4.69, 9.17) is 0 Å². The van der Waals surface area contributed by atoms with E-state index in [0.717, 1.165) is 24.0 Å². The van der Waals surface area contributed by atoms with Crippen LogP contribution in [0.5, 0.6) is 0 Å². The van der Waals surface area contributed by atoms with E-state index in [-0.39, 0.29) is 11.5 Å². The van der Waals surface area contributed by atoms with Gasteiger partial charge in [-0.25, -0.2) is 0 Å². The average molecular weight is 425 g/mol. The molecule has 0 radical (unpaired) electrons. The summed E-state index contributed by atoms with van der Waals surface area (Å²) in [5.41, 5.74) is 2.17. The van der Waals surface area contributed by atoms with E-state index in [9.17, 15) is 20.4 Å². The van der Waals surface area contributed by atoms with Crippen LogP contribution in [-0.4, -0.2) is 33.6 Å². The minimum absolute atomic E-state index is 0.292. The van der Waals surface area contributed by atoms with E-state index in [1.807, 2.05) is 48.5 Å². The van der Waals surface area contributed by atoms with Crippen molar-refractivity contribution >= 4 is 12.2 Å². The van der Waals surface area contributed by atoms with Crippen LogP contribution >= 0.6 is 0 Å². The Morgan fingerprint density at radius 3 is 1.26 bits per heavy atom. The van der Waals surface area contributed by atoms with Crippen molar-refractivity contribution in [1.82, 2.24) is 0 Å². The molecule has 0 aromatic heterocycles. The molecule has 0 saturated heterocycles. The summed E-state index contributed by atoms with van der Waals surface area (Å²) < 4.78 is 0. The Labute approximate surface area is 186 Å². The second-order valence-electron chi connectivity index (χ2n) is 9.14. The summed E-state index contributed by atoms with van der Waals surface area (Å²) in [4.78, 5) is 0. The fraction of sp³-hybridized carbons (Fsp3) is 0.407. The van der Waals surface area contributed by atoms with Crippen LogP contribution in [0, 0.1) is 17.3 Å². The number of aliphatic hydroxyl groups is 4. The number of aliphatic hydroxyl groups excluding tert-OH is 4. The Morgan fingerprint density at radius 1 is 0.677 bits per heavy atom. The van der Waals surface area contributed by atoms with Crippen molar-refractivity contribution in [2.75, 3.05) is 13.2 Å². The molecule has 0 spiro atoms. The van der Waals surface area contributed by atoms with Crippen molar-refractivity contribution in [2.24, 2.45) is 17.3 Å². The molecule has 2 aromatic rings. The van der Waals surface area contributed by atoms with Crippen LogP contribution < -0.4 is 0 Å². The van der Waals surface area contributed by atoms with E-state index < -0.39 is 18.6 Å². The van der Waals surface area contributed by atoms with Crippen molar-refractivity contribution in [3.05, 3.63) is 82.3 Å². The Kier molecular flexibility index (Phi) is 8.90. The Morgan fingerprint density at radius 2 is 1.00 bits per heavy atom. The van der Waals surface area contributed by atoms with Gasteiger partial charge in [-0.2, -0.15) is 0 Å². The van der Waals surface area contributed by atoms with Gasteiger partial charge >= 0.3 is 0 Å². The first kappa shape index (κ1) is 24.7. The monoisotopic (exact) mass is 424 g/mol. The quantitative estimate of drug-likeness (QED) is 0.377. The third kappa shape index (κ3) is 6.71. The first-order chi connectivity index (χ1) is 14.7. The van der Waals surface area contributed by atoms with Crippen LogP contribution in [0.1, 0.15) is 49.9 Å². The van der Waals surface area contributed by atoms with E-state index in [2.05, 4.69) is 27.7 Å². The van der Waals surface area contributed by atoms with E-state index >= 15 is 0 Å². The molecule has 0 aliphatic heterocycles. The van der Waals surface area contributed by atoms with Crippen molar-refractivity contribution in [2.45, 2.75) is 40.5 Å². The molecule has 0 bridgehead atoms. The molecule has 4 nitrogen and oxygen atoms in total. The maximum absolute atomic E-state index is 10.8. The predicted octanol–water partition coefficient (Wildman–Crippen LogP) is 5.55. The first-order valence-corrected chi connectivity index (χ1v) is 10.9. The molecule has 2 rings (SSSR count). The third-order valence-corrected chi connectivity index (χ3v) is 5.37. The summed E-state index contributed by atoms with van der Waals surface area (Å²) in [6.07, 6.45) is 4.88. The zero-order valence-electron chi connectivity index (χ0n) is 19.0. The molecule has 0 aliphatic rings. The van der Waals surface area contributed by atoms with Crippen LogP contribution in [0.15, 0.2) is 60.0 Å². The molecular formula is C27H36O4. The van der Waals surface area contributed by atoms with Gasteiger partial charge in [0.2, 0.25) is 0 Å². The number of hydrogen-bond acceptors (Lipinski definition) is 4. The lowest BCUT2D eigenvalue weighted by Gasteiger charge is -2.28. The highest BCUT2D eigenvalue weighted by atomic mass is 16.3. The van der Waals surface area contributed by atoms with Gasteiger partial charge in [0, 0.05) is 0 Å². The molecule has 2 aromatic carbocycles. The van der Waals surface area contributed by atoms with Crippen molar-refractivity contribution in [3.8, 4) is 0 Å². The fourth-order valence-electron chi connectivity index (χ4n) is 3.54. The fourth-order valence-corrected chi connectivity index (χ4v) is 3.54. The van der Waals surface area contributed by atoms with Gasteiger partial charge in [-0.05, 0) is 59.1 Å². The van der Waals surface area contributed by atoms with Crippen molar-refractivity contribution in [3.63, 3.8) is 0 Å². The minimum atomic E-state index is -1.67. The Hall–Kier alpha value is -2.56. The molecule has 4 heteroatoms. The maximum Gasteiger partial charge on any atom is 0.130 e. The number of rotatable bonds is 10. The summed E-state index contributed by atoms with van der Waals surface area (Å²) in [6.45, 7) is 7.36. The summed E-state index contributed by atoms with van der Waals surface area (Å²) in [5, 5.41) is 41.5. The molecule has 4 N–H and O–H groups in total. The average Bonchev–Trinajstić information content (AvgIpc) is 2.71. The van der Waals surface area contributed by atoms with Gasteiger partial charge in [0.25, 0.3) is 0 Å². The molecule has 0 aliphatic carbocycles. The first-order valence-electron chi connectivity index (χ1n) is 10.9. The number of hydrogen-bond donors (Lipinski definition) is 4. The molecule has 0 atom stereocenters. The highest BCUT2D eigenvalue weighted by Gasteiger charge is 2.38. The second kappa shape index (κ2) is 11.2. The number of benzene rings is 2. The molecule has 0 amide bonds. The lowest BCUT2D eigenvalue weighted by atomic mass is 9.83. The van der Waals surface area contributed by atoms with E-state index in [0.29, 0.717) is 11.8 Å². The van der Waals surface area contributed by atoms with Crippen molar-refractivity contribution in [1.29, 1.82) is 0 Å². The zero-order valence-corrected chi connectivity index (χ0v) is 19.0. The van der Waals surface area contributed by atoms with Gasteiger partial charge in [-0.3, -0.25) is 0 Å².